The Morgan fingerprint density at radius 1 is 0.969 bits per heavy atom. The molecule has 2 aromatic carbocycles. The van der Waals surface area contributed by atoms with Crippen LogP contribution in [0.4, 0.5) is 13.2 Å². The maximum atomic E-state index is 13.4. The summed E-state index contributed by atoms with van der Waals surface area (Å²) in [4.78, 5) is 18.1. The van der Waals surface area contributed by atoms with Crippen LogP contribution in [0.5, 0.6) is 0 Å². The van der Waals surface area contributed by atoms with Crippen LogP contribution in [0.1, 0.15) is 57.2 Å². The second-order valence-corrected chi connectivity index (χ2v) is 10.8. The summed E-state index contributed by atoms with van der Waals surface area (Å²) < 4.78 is 39.2. The Labute approximate surface area is 191 Å². The Kier molecular flexibility index (Phi) is 6.80. The molecule has 32 heavy (non-hydrogen) atoms. The fourth-order valence-electron chi connectivity index (χ4n) is 3.81. The van der Waals surface area contributed by atoms with Crippen molar-refractivity contribution in [3.8, 4) is 0 Å². The van der Waals surface area contributed by atoms with Crippen LogP contribution in [0.25, 0.3) is 0 Å². The molecule has 0 fully saturated rings. The first kappa shape index (κ1) is 24.4. The van der Waals surface area contributed by atoms with Crippen molar-refractivity contribution >= 4 is 22.8 Å². The zero-order valence-electron chi connectivity index (χ0n) is 19.0. The van der Waals surface area contributed by atoms with Gasteiger partial charge in [-0.3, -0.25) is 9.79 Å². The van der Waals surface area contributed by atoms with Crippen molar-refractivity contribution < 1.29 is 18.0 Å². The molecule has 0 aliphatic carbocycles. The van der Waals surface area contributed by atoms with Crippen molar-refractivity contribution in [3.63, 3.8) is 0 Å². The van der Waals surface area contributed by atoms with Crippen LogP contribution in [0, 0.1) is 10.8 Å². The van der Waals surface area contributed by atoms with E-state index in [9.17, 15) is 18.0 Å². The van der Waals surface area contributed by atoms with Crippen LogP contribution in [0.2, 0.25) is 0 Å². The number of alkyl halides is 3. The highest BCUT2D eigenvalue weighted by Crippen LogP contribution is 2.42. The third-order valence-electron chi connectivity index (χ3n) is 5.88. The Hall–Kier alpha value is -2.28. The number of amides is 1. The number of halogens is 3. The molecular weight excluding hydrogens is 433 g/mol. The molecule has 1 aliphatic heterocycles. The Balaban J connectivity index is 1.93. The molecule has 2 atom stereocenters. The largest absolute Gasteiger partial charge is 0.416 e. The zero-order valence-corrected chi connectivity index (χ0v) is 19.8. The lowest BCUT2D eigenvalue weighted by Crippen LogP contribution is -2.43. The number of hydrogen-bond donors (Lipinski definition) is 1. The van der Waals surface area contributed by atoms with Gasteiger partial charge in [-0.2, -0.15) is 13.2 Å². The molecule has 0 saturated heterocycles. The highest BCUT2D eigenvalue weighted by Gasteiger charge is 2.41. The van der Waals surface area contributed by atoms with Gasteiger partial charge in [-0.05, 0) is 28.7 Å². The number of benzene rings is 2. The predicted molar refractivity (Wildman–Crippen MR) is 125 cm³/mol. The summed E-state index contributed by atoms with van der Waals surface area (Å²) in [6.45, 7) is 9.99. The second-order valence-electron chi connectivity index (χ2n) is 9.77. The van der Waals surface area contributed by atoms with E-state index < -0.39 is 23.1 Å². The van der Waals surface area contributed by atoms with Gasteiger partial charge in [0.15, 0.2) is 5.17 Å². The highest BCUT2D eigenvalue weighted by atomic mass is 32.2. The molecule has 2 unspecified atom stereocenters. The number of carbonyl (C=O) groups excluding carboxylic acids is 1. The summed E-state index contributed by atoms with van der Waals surface area (Å²) in [5, 5.41) is 3.57. The molecule has 1 amide bonds. The highest BCUT2D eigenvalue weighted by molar-refractivity contribution is 8.14. The minimum Gasteiger partial charge on any atom is -0.305 e. The summed E-state index contributed by atoms with van der Waals surface area (Å²) >= 11 is 1.52. The minimum absolute atomic E-state index is 0.00178. The minimum atomic E-state index is -4.41. The second kappa shape index (κ2) is 8.93. The number of rotatable bonds is 4. The third kappa shape index (κ3) is 5.37. The molecule has 3 rings (SSSR count). The quantitative estimate of drug-likeness (QED) is 0.564. The van der Waals surface area contributed by atoms with Gasteiger partial charge in [-0.15, -0.1) is 0 Å². The van der Waals surface area contributed by atoms with Crippen LogP contribution < -0.4 is 5.32 Å². The van der Waals surface area contributed by atoms with Gasteiger partial charge in [0, 0.05) is 11.7 Å². The van der Waals surface area contributed by atoms with Gasteiger partial charge >= 0.3 is 6.18 Å². The van der Waals surface area contributed by atoms with Crippen LogP contribution in [0.15, 0.2) is 59.6 Å². The van der Waals surface area contributed by atoms with E-state index in [0.29, 0.717) is 10.7 Å². The van der Waals surface area contributed by atoms with E-state index in [-0.39, 0.29) is 17.4 Å². The number of thioether (sulfide) groups is 1. The van der Waals surface area contributed by atoms with Gasteiger partial charge < -0.3 is 5.32 Å². The summed E-state index contributed by atoms with van der Waals surface area (Å²) in [6.07, 6.45) is -4.41. The average Bonchev–Trinajstić information content (AvgIpc) is 3.17. The number of carbonyl (C=O) groups is 1. The van der Waals surface area contributed by atoms with E-state index in [4.69, 9.17) is 0 Å². The fraction of sp³-hybridized carbons (Fsp3) is 0.440. The molecule has 1 aliphatic rings. The molecule has 0 spiro atoms. The molecule has 0 aromatic heterocycles. The van der Waals surface area contributed by atoms with E-state index >= 15 is 0 Å². The monoisotopic (exact) mass is 462 g/mol. The third-order valence-corrected chi connectivity index (χ3v) is 6.85. The van der Waals surface area contributed by atoms with Gasteiger partial charge in [-0.1, -0.05) is 88.8 Å². The maximum Gasteiger partial charge on any atom is 0.416 e. The normalized spacial score (nSPS) is 18.2. The van der Waals surface area contributed by atoms with Crippen molar-refractivity contribution in [2.75, 3.05) is 5.75 Å². The van der Waals surface area contributed by atoms with Crippen molar-refractivity contribution in [1.29, 1.82) is 0 Å². The van der Waals surface area contributed by atoms with Gasteiger partial charge in [0.1, 0.15) is 0 Å². The van der Waals surface area contributed by atoms with Crippen LogP contribution in [-0.4, -0.2) is 22.9 Å². The van der Waals surface area contributed by atoms with Gasteiger partial charge in [0.2, 0.25) is 5.91 Å². The van der Waals surface area contributed by atoms with Crippen molar-refractivity contribution in [3.05, 3.63) is 71.3 Å². The zero-order chi connectivity index (χ0) is 23.7. The molecule has 0 radical (unpaired) electrons. The molecule has 1 N–H and O–H groups in total. The smallest absolute Gasteiger partial charge is 0.305 e. The molecule has 172 valence electrons. The fourth-order valence-corrected chi connectivity index (χ4v) is 5.07. The summed E-state index contributed by atoms with van der Waals surface area (Å²) in [5.74, 6) is 0.157. The molecular formula is C25H29F3N2OS. The average molecular weight is 463 g/mol. The Morgan fingerprint density at radius 2 is 1.53 bits per heavy atom. The lowest BCUT2D eigenvalue weighted by atomic mass is 9.70. The molecule has 0 saturated carbocycles. The van der Waals surface area contributed by atoms with Crippen molar-refractivity contribution in [2.45, 2.75) is 52.8 Å². The number of aliphatic imine (C=N–C) groups is 1. The van der Waals surface area contributed by atoms with E-state index in [0.717, 1.165) is 23.4 Å². The van der Waals surface area contributed by atoms with E-state index in [1.165, 1.54) is 23.9 Å². The van der Waals surface area contributed by atoms with Crippen molar-refractivity contribution in [1.82, 2.24) is 5.32 Å². The molecule has 2 aromatic rings. The van der Waals surface area contributed by atoms with E-state index in [1.807, 2.05) is 44.2 Å². The van der Waals surface area contributed by atoms with Crippen LogP contribution in [-0.2, 0) is 11.0 Å². The number of nitrogens with one attached hydrogen (secondary N) is 1. The van der Waals surface area contributed by atoms with Gasteiger partial charge in [0.25, 0.3) is 0 Å². The number of amidine groups is 1. The molecule has 3 nitrogen and oxygen atoms in total. The van der Waals surface area contributed by atoms with Gasteiger partial charge in [-0.25, -0.2) is 0 Å². The first-order chi connectivity index (χ1) is 14.8. The number of nitrogens with zero attached hydrogens (tertiary/aromatic N) is 1. The van der Waals surface area contributed by atoms with Gasteiger partial charge in [0.05, 0.1) is 17.0 Å². The number of hydrogen-bond acceptors (Lipinski definition) is 3. The first-order valence-corrected chi connectivity index (χ1v) is 11.5. The summed E-state index contributed by atoms with van der Waals surface area (Å²) in [5.41, 5.74) is -0.134. The lowest BCUT2D eigenvalue weighted by molar-refractivity contribution is -0.137. The summed E-state index contributed by atoms with van der Waals surface area (Å²) in [6, 6.07) is 14.6. The molecule has 7 heteroatoms. The molecule has 1 heterocycles. The van der Waals surface area contributed by atoms with Crippen LogP contribution >= 0.6 is 11.8 Å². The standard InChI is InChI=1S/C25H29F3N2OS/c1-23(2,3)19-15-32-22(29-19)30-21(31)24(4,5)20(16-9-7-6-8-10-16)17-11-13-18(14-12-17)25(26,27)28/h6-14,19-20H,15H2,1-5H3,(H,29,30,31). The maximum absolute atomic E-state index is 13.4. The Bertz CT molecular complexity index is 977. The Morgan fingerprint density at radius 3 is 2.03 bits per heavy atom. The summed E-state index contributed by atoms with van der Waals surface area (Å²) in [7, 11) is 0. The van der Waals surface area contributed by atoms with E-state index in [1.54, 1.807) is 0 Å². The SMILES string of the molecule is CC(C)(C)C1CSC(NC(=O)C(C)(C)C(c2ccccc2)c2ccc(C(F)(F)F)cc2)=N1. The van der Waals surface area contributed by atoms with Crippen molar-refractivity contribution in [2.24, 2.45) is 15.8 Å². The van der Waals surface area contributed by atoms with E-state index in [2.05, 4.69) is 31.1 Å². The lowest BCUT2D eigenvalue weighted by Gasteiger charge is -2.34. The first-order valence-electron chi connectivity index (χ1n) is 10.5. The predicted octanol–water partition coefficient (Wildman–Crippen LogP) is 6.50. The topological polar surface area (TPSA) is 41.5 Å². The van der Waals surface area contributed by atoms with Crippen LogP contribution in [0.3, 0.4) is 0 Å². The molecule has 0 bridgehead atoms.